The van der Waals surface area contributed by atoms with Gasteiger partial charge in [0.1, 0.15) is 6.10 Å². The Morgan fingerprint density at radius 3 is 2.62 bits per heavy atom. The van der Waals surface area contributed by atoms with E-state index in [0.29, 0.717) is 13.2 Å². The first kappa shape index (κ1) is 11.6. The van der Waals surface area contributed by atoms with E-state index in [1.165, 1.54) is 11.1 Å². The Morgan fingerprint density at radius 1 is 1.31 bits per heavy atom. The summed E-state index contributed by atoms with van der Waals surface area (Å²) in [6.07, 6.45) is 1.94. The molecule has 1 aromatic heterocycles. The topological polar surface area (TPSA) is 31.4 Å². The number of ether oxygens (including phenoxy) is 2. The number of pyridine rings is 1. The molecule has 0 bridgehead atoms. The first-order chi connectivity index (χ1) is 7.52. The van der Waals surface area contributed by atoms with Gasteiger partial charge >= 0.3 is 0 Å². The van der Waals surface area contributed by atoms with Crippen LogP contribution in [0, 0.1) is 5.41 Å². The summed E-state index contributed by atoms with van der Waals surface area (Å²) in [7, 11) is 1.74. The van der Waals surface area contributed by atoms with E-state index in [4.69, 9.17) is 9.47 Å². The summed E-state index contributed by atoms with van der Waals surface area (Å²) >= 11 is 0. The van der Waals surface area contributed by atoms with Crippen LogP contribution in [0.5, 0.6) is 0 Å². The van der Waals surface area contributed by atoms with E-state index < -0.39 is 0 Å². The van der Waals surface area contributed by atoms with Crippen molar-refractivity contribution in [2.24, 2.45) is 5.41 Å². The van der Waals surface area contributed by atoms with Crippen LogP contribution in [0.3, 0.4) is 0 Å². The van der Waals surface area contributed by atoms with Gasteiger partial charge in [0, 0.05) is 18.9 Å². The molecule has 16 heavy (non-hydrogen) atoms. The number of aromatic nitrogens is 1. The van der Waals surface area contributed by atoms with Gasteiger partial charge in [-0.1, -0.05) is 20.8 Å². The van der Waals surface area contributed by atoms with Crippen LogP contribution in [-0.2, 0) is 22.7 Å². The molecule has 1 aliphatic heterocycles. The van der Waals surface area contributed by atoms with Crippen molar-refractivity contribution in [3.8, 4) is 0 Å². The fourth-order valence-corrected chi connectivity index (χ4v) is 2.14. The fraction of sp³-hybridized carbons (Fsp3) is 0.615. The first-order valence-electron chi connectivity index (χ1n) is 5.60. The zero-order chi connectivity index (χ0) is 11.8. The van der Waals surface area contributed by atoms with Crippen LogP contribution in [0.1, 0.15) is 43.7 Å². The number of fused-ring (bicyclic) bond motifs is 1. The Bertz CT molecular complexity index is 382. The van der Waals surface area contributed by atoms with Gasteiger partial charge in [-0.15, -0.1) is 0 Å². The lowest BCUT2D eigenvalue weighted by Crippen LogP contribution is -2.21. The third-order valence-corrected chi connectivity index (χ3v) is 2.91. The van der Waals surface area contributed by atoms with Crippen molar-refractivity contribution in [1.29, 1.82) is 0 Å². The first-order valence-corrected chi connectivity index (χ1v) is 5.60. The van der Waals surface area contributed by atoms with Gasteiger partial charge in [0.15, 0.2) is 0 Å². The Morgan fingerprint density at radius 2 is 2.00 bits per heavy atom. The smallest absolute Gasteiger partial charge is 0.104 e. The predicted molar refractivity (Wildman–Crippen MR) is 61.9 cm³/mol. The molecule has 0 unspecified atom stereocenters. The van der Waals surface area contributed by atoms with Crippen molar-refractivity contribution in [3.63, 3.8) is 0 Å². The highest BCUT2D eigenvalue weighted by Gasteiger charge is 2.28. The zero-order valence-corrected chi connectivity index (χ0v) is 10.4. The summed E-state index contributed by atoms with van der Waals surface area (Å²) in [5.41, 5.74) is 3.50. The highest BCUT2D eigenvalue weighted by atomic mass is 16.5. The van der Waals surface area contributed by atoms with Crippen molar-refractivity contribution in [1.82, 2.24) is 4.98 Å². The minimum atomic E-state index is 0.0263. The molecular formula is C13H19NO2. The maximum Gasteiger partial charge on any atom is 0.104 e. The quantitative estimate of drug-likeness (QED) is 0.769. The molecule has 1 aliphatic rings. The second-order valence-corrected chi connectivity index (χ2v) is 5.35. The second kappa shape index (κ2) is 4.15. The van der Waals surface area contributed by atoms with Gasteiger partial charge in [0.25, 0.3) is 0 Å². The van der Waals surface area contributed by atoms with Gasteiger partial charge in [0.2, 0.25) is 0 Å². The molecule has 3 heteroatoms. The minimum absolute atomic E-state index is 0.0263. The van der Waals surface area contributed by atoms with E-state index in [9.17, 15) is 0 Å². The number of hydrogen-bond donors (Lipinski definition) is 0. The van der Waals surface area contributed by atoms with Gasteiger partial charge < -0.3 is 9.47 Å². The molecule has 0 N–H and O–H groups in total. The Hall–Kier alpha value is -0.930. The second-order valence-electron chi connectivity index (χ2n) is 5.35. The predicted octanol–water partition coefficient (Wildman–Crippen LogP) is 2.85. The normalized spacial score (nSPS) is 17.2. The van der Waals surface area contributed by atoms with Crippen LogP contribution in [0.25, 0.3) is 0 Å². The molecule has 0 aromatic carbocycles. The van der Waals surface area contributed by atoms with E-state index in [-0.39, 0.29) is 11.5 Å². The molecule has 1 aromatic rings. The Kier molecular flexibility index (Phi) is 3.00. The Labute approximate surface area is 96.8 Å². The monoisotopic (exact) mass is 221 g/mol. The van der Waals surface area contributed by atoms with Crippen LogP contribution < -0.4 is 0 Å². The van der Waals surface area contributed by atoms with Crippen molar-refractivity contribution < 1.29 is 9.47 Å². The van der Waals surface area contributed by atoms with Gasteiger partial charge in [-0.05, 0) is 17.0 Å². The lowest BCUT2D eigenvalue weighted by atomic mass is 9.86. The number of methoxy groups -OCH3 is 1. The van der Waals surface area contributed by atoms with Gasteiger partial charge in [-0.25, -0.2) is 0 Å². The molecule has 3 nitrogen and oxygen atoms in total. The molecular weight excluding hydrogens is 202 g/mol. The third kappa shape index (κ3) is 2.11. The lowest BCUT2D eigenvalue weighted by Gasteiger charge is -2.29. The van der Waals surface area contributed by atoms with Crippen molar-refractivity contribution >= 4 is 0 Å². The third-order valence-electron chi connectivity index (χ3n) is 2.91. The molecule has 0 aliphatic carbocycles. The number of hydrogen-bond acceptors (Lipinski definition) is 3. The zero-order valence-electron chi connectivity index (χ0n) is 10.4. The summed E-state index contributed by atoms with van der Waals surface area (Å²) in [4.78, 5) is 4.48. The average molecular weight is 221 g/mol. The van der Waals surface area contributed by atoms with Crippen molar-refractivity contribution in [2.45, 2.75) is 40.1 Å². The summed E-state index contributed by atoms with van der Waals surface area (Å²) in [5, 5.41) is 0. The summed E-state index contributed by atoms with van der Waals surface area (Å²) < 4.78 is 10.9. The van der Waals surface area contributed by atoms with E-state index in [0.717, 1.165) is 5.69 Å². The van der Waals surface area contributed by atoms with Crippen LogP contribution in [-0.4, -0.2) is 12.1 Å². The van der Waals surface area contributed by atoms with Crippen LogP contribution in [0.15, 0.2) is 12.3 Å². The van der Waals surface area contributed by atoms with Gasteiger partial charge in [-0.2, -0.15) is 0 Å². The summed E-state index contributed by atoms with van der Waals surface area (Å²) in [5.74, 6) is 0. The number of nitrogens with zero attached hydrogens (tertiary/aromatic N) is 1. The fourth-order valence-electron chi connectivity index (χ4n) is 2.14. The SMILES string of the molecule is CO[C@H](c1cc2c(cn1)COC2)C(C)(C)C. The van der Waals surface area contributed by atoms with Gasteiger partial charge in [-0.3, -0.25) is 4.98 Å². The molecule has 0 amide bonds. The van der Waals surface area contributed by atoms with Crippen molar-refractivity contribution in [3.05, 3.63) is 29.1 Å². The van der Waals surface area contributed by atoms with Crippen LogP contribution in [0.2, 0.25) is 0 Å². The van der Waals surface area contributed by atoms with Gasteiger partial charge in [0.05, 0.1) is 18.9 Å². The molecule has 0 fully saturated rings. The average Bonchev–Trinajstić information content (AvgIpc) is 2.63. The molecule has 88 valence electrons. The van der Waals surface area contributed by atoms with E-state index in [1.807, 2.05) is 6.20 Å². The van der Waals surface area contributed by atoms with E-state index in [1.54, 1.807) is 7.11 Å². The summed E-state index contributed by atoms with van der Waals surface area (Å²) in [6.45, 7) is 7.87. The molecule has 1 atom stereocenters. The molecule has 0 saturated heterocycles. The highest BCUT2D eigenvalue weighted by Crippen LogP contribution is 2.35. The Balaban J connectivity index is 2.33. The maximum absolute atomic E-state index is 5.56. The van der Waals surface area contributed by atoms with Crippen LogP contribution >= 0.6 is 0 Å². The lowest BCUT2D eigenvalue weighted by molar-refractivity contribution is 0.0120. The molecule has 2 rings (SSSR count). The molecule has 2 heterocycles. The maximum atomic E-state index is 5.56. The van der Waals surface area contributed by atoms with Crippen LogP contribution in [0.4, 0.5) is 0 Å². The largest absolute Gasteiger partial charge is 0.375 e. The summed E-state index contributed by atoms with van der Waals surface area (Å²) in [6, 6.07) is 2.11. The van der Waals surface area contributed by atoms with Crippen molar-refractivity contribution in [2.75, 3.05) is 7.11 Å². The van der Waals surface area contributed by atoms with E-state index >= 15 is 0 Å². The molecule has 0 saturated carbocycles. The standard InChI is InChI=1S/C13H19NO2/c1-13(2,3)12(15-4)11-5-9-7-16-8-10(9)6-14-11/h5-6,12H,7-8H2,1-4H3/t12-/m1/s1. The molecule has 0 spiro atoms. The van der Waals surface area contributed by atoms with E-state index in [2.05, 4.69) is 31.8 Å². The highest BCUT2D eigenvalue weighted by molar-refractivity contribution is 5.29. The number of rotatable bonds is 2. The molecule has 0 radical (unpaired) electrons. The minimum Gasteiger partial charge on any atom is -0.375 e.